The van der Waals surface area contributed by atoms with Crippen LogP contribution in [-0.2, 0) is 11.8 Å². The quantitative estimate of drug-likeness (QED) is 0.778. The van der Waals surface area contributed by atoms with Crippen molar-refractivity contribution in [3.05, 3.63) is 42.5 Å². The lowest BCUT2D eigenvalue weighted by Gasteiger charge is -2.13. The maximum Gasteiger partial charge on any atom is 0.239 e. The average molecular weight is 337 g/mol. The zero-order valence-electron chi connectivity index (χ0n) is 15.1. The fourth-order valence-electron chi connectivity index (χ4n) is 2.68. The molecule has 25 heavy (non-hydrogen) atoms. The molecule has 6 heteroatoms. The molecule has 0 unspecified atom stereocenters. The van der Waals surface area contributed by atoms with E-state index in [4.69, 9.17) is 0 Å². The topological polar surface area (TPSA) is 63.1 Å². The van der Waals surface area contributed by atoms with Gasteiger partial charge in [-0.2, -0.15) is 0 Å². The summed E-state index contributed by atoms with van der Waals surface area (Å²) in [6.07, 6.45) is 3.66. The highest BCUT2D eigenvalue weighted by Crippen LogP contribution is 2.25. The SMILES string of the molecule is CCN(C)CC(=O)Nc1cc2cc(-c3cnc(C)n3C)ccc2cn1. The molecule has 2 aromatic heterocycles. The predicted molar refractivity (Wildman–Crippen MR) is 100 cm³/mol. The molecular formula is C19H23N5O. The summed E-state index contributed by atoms with van der Waals surface area (Å²) in [4.78, 5) is 22.7. The Kier molecular flexibility index (Phi) is 4.81. The molecule has 0 atom stereocenters. The number of nitrogens with zero attached hydrogens (tertiary/aromatic N) is 4. The Balaban J connectivity index is 1.88. The second-order valence-corrected chi connectivity index (χ2v) is 6.26. The highest BCUT2D eigenvalue weighted by atomic mass is 16.2. The minimum absolute atomic E-state index is 0.0605. The Morgan fingerprint density at radius 3 is 2.68 bits per heavy atom. The van der Waals surface area contributed by atoms with Gasteiger partial charge < -0.3 is 9.88 Å². The first-order valence-corrected chi connectivity index (χ1v) is 8.35. The molecule has 0 bridgehead atoms. The number of fused-ring (bicyclic) bond motifs is 1. The van der Waals surface area contributed by atoms with Crippen LogP contribution in [0.4, 0.5) is 5.82 Å². The fourth-order valence-corrected chi connectivity index (χ4v) is 2.68. The highest BCUT2D eigenvalue weighted by molar-refractivity contribution is 5.94. The summed E-state index contributed by atoms with van der Waals surface area (Å²) in [6.45, 7) is 5.18. The Labute approximate surface area is 147 Å². The number of carbonyl (C=O) groups is 1. The van der Waals surface area contributed by atoms with Crippen molar-refractivity contribution in [2.45, 2.75) is 13.8 Å². The van der Waals surface area contributed by atoms with E-state index in [1.165, 1.54) is 0 Å². The van der Waals surface area contributed by atoms with Gasteiger partial charge in [-0.1, -0.05) is 19.1 Å². The van der Waals surface area contributed by atoms with Gasteiger partial charge in [-0.3, -0.25) is 9.69 Å². The van der Waals surface area contributed by atoms with E-state index in [2.05, 4.69) is 32.0 Å². The van der Waals surface area contributed by atoms with Gasteiger partial charge in [0.1, 0.15) is 11.6 Å². The number of likely N-dealkylation sites (N-methyl/N-ethyl adjacent to an activating group) is 1. The number of anilines is 1. The van der Waals surface area contributed by atoms with Crippen LogP contribution in [0.5, 0.6) is 0 Å². The number of aryl methyl sites for hydroxylation is 1. The number of rotatable bonds is 5. The van der Waals surface area contributed by atoms with Crippen LogP contribution < -0.4 is 5.32 Å². The van der Waals surface area contributed by atoms with Crippen LogP contribution in [0.25, 0.3) is 22.0 Å². The molecule has 0 spiro atoms. The Hall–Kier alpha value is -2.73. The standard InChI is InChI=1S/C19H23N5O/c1-5-23(3)12-19(25)22-18-9-16-8-14(6-7-15(16)10-21-18)17-11-20-13(2)24(17)4/h6-11H,5,12H2,1-4H3,(H,21,22,25). The lowest BCUT2D eigenvalue weighted by Crippen LogP contribution is -2.30. The van der Waals surface area contributed by atoms with Gasteiger partial charge in [0.25, 0.3) is 0 Å². The summed E-state index contributed by atoms with van der Waals surface area (Å²) in [5.74, 6) is 1.48. The van der Waals surface area contributed by atoms with E-state index in [-0.39, 0.29) is 5.91 Å². The van der Waals surface area contributed by atoms with Crippen molar-refractivity contribution in [2.24, 2.45) is 7.05 Å². The second-order valence-electron chi connectivity index (χ2n) is 6.26. The third-order valence-corrected chi connectivity index (χ3v) is 4.46. The number of hydrogen-bond donors (Lipinski definition) is 1. The molecule has 0 saturated heterocycles. The van der Waals surface area contributed by atoms with Crippen LogP contribution >= 0.6 is 0 Å². The van der Waals surface area contributed by atoms with Gasteiger partial charge in [0.2, 0.25) is 5.91 Å². The van der Waals surface area contributed by atoms with Crippen LogP contribution in [0.3, 0.4) is 0 Å². The number of imidazole rings is 1. The first-order chi connectivity index (χ1) is 12.0. The molecule has 0 aliphatic carbocycles. The summed E-state index contributed by atoms with van der Waals surface area (Å²) < 4.78 is 2.06. The summed E-state index contributed by atoms with van der Waals surface area (Å²) in [7, 11) is 3.92. The number of nitrogens with one attached hydrogen (secondary N) is 1. The van der Waals surface area contributed by atoms with Crippen LogP contribution in [0.15, 0.2) is 36.7 Å². The normalized spacial score (nSPS) is 11.2. The van der Waals surface area contributed by atoms with Crippen LogP contribution in [0.2, 0.25) is 0 Å². The molecule has 6 nitrogen and oxygen atoms in total. The van der Waals surface area contributed by atoms with E-state index < -0.39 is 0 Å². The average Bonchev–Trinajstić information content (AvgIpc) is 2.93. The van der Waals surface area contributed by atoms with E-state index in [0.717, 1.165) is 34.4 Å². The highest BCUT2D eigenvalue weighted by Gasteiger charge is 2.09. The maximum absolute atomic E-state index is 12.0. The molecule has 2 heterocycles. The first kappa shape index (κ1) is 17.1. The summed E-state index contributed by atoms with van der Waals surface area (Å²) in [5, 5.41) is 4.93. The van der Waals surface area contributed by atoms with Gasteiger partial charge in [0.05, 0.1) is 18.4 Å². The molecule has 3 rings (SSSR count). The van der Waals surface area contributed by atoms with Gasteiger partial charge in [-0.25, -0.2) is 9.97 Å². The molecule has 1 N–H and O–H groups in total. The summed E-state index contributed by atoms with van der Waals surface area (Å²) in [6, 6.07) is 8.11. The van der Waals surface area contributed by atoms with Gasteiger partial charge in [0, 0.05) is 24.2 Å². The Morgan fingerprint density at radius 1 is 1.20 bits per heavy atom. The van der Waals surface area contributed by atoms with E-state index in [1.54, 1.807) is 6.20 Å². The van der Waals surface area contributed by atoms with Gasteiger partial charge in [0.15, 0.2) is 0 Å². The number of hydrogen-bond acceptors (Lipinski definition) is 4. The largest absolute Gasteiger partial charge is 0.331 e. The molecule has 0 radical (unpaired) electrons. The molecule has 1 amide bonds. The smallest absolute Gasteiger partial charge is 0.239 e. The number of aromatic nitrogens is 3. The molecule has 3 aromatic rings. The monoisotopic (exact) mass is 337 g/mol. The van der Waals surface area contributed by atoms with Crippen molar-refractivity contribution in [2.75, 3.05) is 25.5 Å². The lowest BCUT2D eigenvalue weighted by molar-refractivity contribution is -0.117. The lowest BCUT2D eigenvalue weighted by atomic mass is 10.1. The number of pyridine rings is 1. The molecule has 1 aromatic carbocycles. The maximum atomic E-state index is 12.0. The molecule has 0 aliphatic rings. The van der Waals surface area contributed by atoms with Crippen LogP contribution in [0.1, 0.15) is 12.7 Å². The van der Waals surface area contributed by atoms with Crippen LogP contribution in [0, 0.1) is 6.92 Å². The van der Waals surface area contributed by atoms with Crippen molar-refractivity contribution >= 4 is 22.5 Å². The molecular weight excluding hydrogens is 314 g/mol. The van der Waals surface area contributed by atoms with Crippen molar-refractivity contribution in [1.29, 1.82) is 0 Å². The minimum atomic E-state index is -0.0605. The third-order valence-electron chi connectivity index (χ3n) is 4.46. The van der Waals surface area contributed by atoms with E-state index in [9.17, 15) is 4.79 Å². The second kappa shape index (κ2) is 7.03. The summed E-state index contributed by atoms with van der Waals surface area (Å²) in [5.41, 5.74) is 2.15. The minimum Gasteiger partial charge on any atom is -0.331 e. The Bertz CT molecular complexity index is 915. The van der Waals surface area contributed by atoms with Crippen molar-refractivity contribution in [3.8, 4) is 11.3 Å². The Morgan fingerprint density at radius 2 is 2.00 bits per heavy atom. The zero-order chi connectivity index (χ0) is 18.0. The summed E-state index contributed by atoms with van der Waals surface area (Å²) >= 11 is 0. The van der Waals surface area contributed by atoms with Gasteiger partial charge in [-0.15, -0.1) is 0 Å². The van der Waals surface area contributed by atoms with E-state index >= 15 is 0 Å². The fraction of sp³-hybridized carbons (Fsp3) is 0.316. The molecule has 0 fully saturated rings. The molecule has 130 valence electrons. The molecule has 0 aliphatic heterocycles. The van der Waals surface area contributed by atoms with E-state index in [1.807, 2.05) is 51.2 Å². The first-order valence-electron chi connectivity index (χ1n) is 8.35. The van der Waals surface area contributed by atoms with Crippen molar-refractivity contribution < 1.29 is 4.79 Å². The third kappa shape index (κ3) is 3.69. The predicted octanol–water partition coefficient (Wildman–Crippen LogP) is 2.83. The van der Waals surface area contributed by atoms with Gasteiger partial charge >= 0.3 is 0 Å². The number of benzene rings is 1. The van der Waals surface area contributed by atoms with Gasteiger partial charge in [-0.05, 0) is 38.0 Å². The molecule has 0 saturated carbocycles. The number of amides is 1. The van der Waals surface area contributed by atoms with Crippen molar-refractivity contribution in [1.82, 2.24) is 19.4 Å². The van der Waals surface area contributed by atoms with Crippen LogP contribution in [-0.4, -0.2) is 45.5 Å². The zero-order valence-corrected chi connectivity index (χ0v) is 15.1. The number of carbonyl (C=O) groups excluding carboxylic acids is 1. The van der Waals surface area contributed by atoms with Crippen molar-refractivity contribution in [3.63, 3.8) is 0 Å². The van der Waals surface area contributed by atoms with E-state index in [0.29, 0.717) is 12.4 Å².